The lowest BCUT2D eigenvalue weighted by molar-refractivity contribution is 0.416. The average Bonchev–Trinajstić information content (AvgIpc) is 3.25. The molecule has 0 aliphatic rings. The quantitative estimate of drug-likeness (QED) is 0.611. The minimum Gasteiger partial charge on any atom is -0.496 e. The molecule has 7 nitrogen and oxygen atoms in total. The van der Waals surface area contributed by atoms with E-state index in [1.54, 1.807) is 13.3 Å². The van der Waals surface area contributed by atoms with Crippen LogP contribution < -0.4 is 4.74 Å². The molecule has 4 rings (SSSR count). The number of H-pyrrole nitrogens is 1. The van der Waals surface area contributed by atoms with Crippen molar-refractivity contribution in [3.8, 4) is 17.1 Å². The molecule has 0 amide bonds. The number of hydrogen-bond donors (Lipinski definition) is 1. The summed E-state index contributed by atoms with van der Waals surface area (Å²) in [6.45, 7) is 2.16. The summed E-state index contributed by atoms with van der Waals surface area (Å²) in [5.74, 6) is 2.26. The lowest BCUT2D eigenvalue weighted by atomic mass is 10.2. The fourth-order valence-corrected chi connectivity index (χ4v) is 2.81. The molecule has 4 aromatic rings. The number of nitrogens with zero attached hydrogens (tertiary/aromatic N) is 5. The fourth-order valence-electron chi connectivity index (χ4n) is 2.81. The maximum atomic E-state index is 5.44. The molecule has 1 aromatic carbocycles. The number of unbranched alkanes of at least 4 members (excludes halogenated alkanes) is 1. The predicted octanol–water partition coefficient (Wildman–Crippen LogP) is 3.02. The van der Waals surface area contributed by atoms with E-state index >= 15 is 0 Å². The average molecular weight is 322 g/mol. The van der Waals surface area contributed by atoms with Crippen LogP contribution in [-0.4, -0.2) is 36.9 Å². The number of rotatable bonds is 5. The molecular formula is C17H18N6O. The number of para-hydroxylation sites is 1. The van der Waals surface area contributed by atoms with Crippen molar-refractivity contribution in [3.63, 3.8) is 0 Å². The highest BCUT2D eigenvalue weighted by molar-refractivity contribution is 5.89. The van der Waals surface area contributed by atoms with Gasteiger partial charge in [-0.15, -0.1) is 5.10 Å². The van der Waals surface area contributed by atoms with Gasteiger partial charge in [-0.05, 0) is 18.6 Å². The maximum Gasteiger partial charge on any atom is 0.185 e. The van der Waals surface area contributed by atoms with E-state index in [0.29, 0.717) is 5.82 Å². The standard InChI is InChI=1S/C17H18N6O/c1-3-4-9-14-19-15-12(10-18-21-15)17-20-16(22-23(14)17)11-7-5-6-8-13(11)24-2/h5-8,10H,3-4,9H2,1-2H3,(H,18,21). The fraction of sp³-hybridized carbons (Fsp3) is 0.294. The van der Waals surface area contributed by atoms with Gasteiger partial charge in [0.25, 0.3) is 0 Å². The number of hydrogen-bond acceptors (Lipinski definition) is 5. The Morgan fingerprint density at radius 1 is 1.21 bits per heavy atom. The molecule has 24 heavy (non-hydrogen) atoms. The molecule has 1 N–H and O–H groups in total. The molecule has 0 aliphatic carbocycles. The number of aromatic nitrogens is 6. The van der Waals surface area contributed by atoms with Crippen LogP contribution in [0.15, 0.2) is 30.5 Å². The van der Waals surface area contributed by atoms with Crippen LogP contribution in [0.5, 0.6) is 5.75 Å². The molecule has 0 aliphatic heterocycles. The second kappa shape index (κ2) is 5.92. The highest BCUT2D eigenvalue weighted by Gasteiger charge is 2.17. The van der Waals surface area contributed by atoms with Crippen molar-refractivity contribution < 1.29 is 4.74 Å². The van der Waals surface area contributed by atoms with Crippen molar-refractivity contribution in [1.82, 2.24) is 29.8 Å². The van der Waals surface area contributed by atoms with Crippen LogP contribution in [-0.2, 0) is 6.42 Å². The summed E-state index contributed by atoms with van der Waals surface area (Å²) in [6, 6.07) is 7.75. The van der Waals surface area contributed by atoms with Gasteiger partial charge in [0.1, 0.15) is 11.6 Å². The molecule has 3 aromatic heterocycles. The first-order valence-electron chi connectivity index (χ1n) is 8.04. The van der Waals surface area contributed by atoms with Crippen LogP contribution >= 0.6 is 0 Å². The minimum absolute atomic E-state index is 0.626. The van der Waals surface area contributed by atoms with Crippen LogP contribution in [0.25, 0.3) is 28.1 Å². The smallest absolute Gasteiger partial charge is 0.185 e. The summed E-state index contributed by atoms with van der Waals surface area (Å²) < 4.78 is 7.27. The van der Waals surface area contributed by atoms with Gasteiger partial charge in [-0.2, -0.15) is 9.61 Å². The molecule has 0 fully saturated rings. The molecule has 0 saturated carbocycles. The summed E-state index contributed by atoms with van der Waals surface area (Å²) in [5, 5.41) is 12.6. The predicted molar refractivity (Wildman–Crippen MR) is 91.0 cm³/mol. The van der Waals surface area contributed by atoms with Crippen molar-refractivity contribution in [2.24, 2.45) is 0 Å². The first-order valence-corrected chi connectivity index (χ1v) is 8.04. The van der Waals surface area contributed by atoms with Crippen LogP contribution in [0.4, 0.5) is 0 Å². The number of aryl methyl sites for hydroxylation is 1. The van der Waals surface area contributed by atoms with Gasteiger partial charge in [-0.3, -0.25) is 5.10 Å². The van der Waals surface area contributed by atoms with Gasteiger partial charge >= 0.3 is 0 Å². The third-order valence-electron chi connectivity index (χ3n) is 4.05. The summed E-state index contributed by atoms with van der Waals surface area (Å²) >= 11 is 0. The van der Waals surface area contributed by atoms with Crippen LogP contribution in [0.1, 0.15) is 25.6 Å². The Morgan fingerprint density at radius 3 is 2.92 bits per heavy atom. The molecule has 3 heterocycles. The van der Waals surface area contributed by atoms with Gasteiger partial charge < -0.3 is 4.74 Å². The minimum atomic E-state index is 0.626. The second-order valence-corrected chi connectivity index (χ2v) is 5.63. The summed E-state index contributed by atoms with van der Waals surface area (Å²) in [7, 11) is 1.65. The van der Waals surface area contributed by atoms with Crippen LogP contribution in [0.3, 0.4) is 0 Å². The molecule has 7 heteroatoms. The molecule has 0 bridgehead atoms. The van der Waals surface area contributed by atoms with E-state index in [1.165, 1.54) is 0 Å². The third-order valence-corrected chi connectivity index (χ3v) is 4.05. The van der Waals surface area contributed by atoms with Crippen molar-refractivity contribution in [1.29, 1.82) is 0 Å². The van der Waals surface area contributed by atoms with Gasteiger partial charge in [-0.1, -0.05) is 25.5 Å². The Morgan fingerprint density at radius 2 is 2.08 bits per heavy atom. The SMILES string of the molecule is CCCCc1nc2[nH]ncc2c2nc(-c3ccccc3OC)nn12. The molecule has 0 spiro atoms. The van der Waals surface area contributed by atoms with E-state index in [2.05, 4.69) is 22.1 Å². The number of aromatic amines is 1. The third kappa shape index (κ3) is 2.29. The number of ether oxygens (including phenoxy) is 1. The monoisotopic (exact) mass is 322 g/mol. The van der Waals surface area contributed by atoms with E-state index < -0.39 is 0 Å². The van der Waals surface area contributed by atoms with E-state index in [9.17, 15) is 0 Å². The zero-order valence-corrected chi connectivity index (χ0v) is 13.7. The zero-order chi connectivity index (χ0) is 16.5. The Hall–Kier alpha value is -2.96. The van der Waals surface area contributed by atoms with Crippen LogP contribution in [0.2, 0.25) is 0 Å². The number of fused-ring (bicyclic) bond motifs is 3. The first kappa shape index (κ1) is 14.6. The topological polar surface area (TPSA) is 81.0 Å². The number of benzene rings is 1. The van der Waals surface area contributed by atoms with Crippen molar-refractivity contribution in [2.45, 2.75) is 26.2 Å². The van der Waals surface area contributed by atoms with Gasteiger partial charge in [-0.25, -0.2) is 9.97 Å². The summed E-state index contributed by atoms with van der Waals surface area (Å²) in [4.78, 5) is 9.39. The number of methoxy groups -OCH3 is 1. The Kier molecular flexibility index (Phi) is 3.60. The van der Waals surface area contributed by atoms with Gasteiger partial charge in [0.15, 0.2) is 17.1 Å². The Bertz CT molecular complexity index is 1000. The second-order valence-electron chi connectivity index (χ2n) is 5.63. The lowest BCUT2D eigenvalue weighted by Gasteiger charge is -2.04. The van der Waals surface area contributed by atoms with Crippen LogP contribution in [0, 0.1) is 0 Å². The molecule has 0 radical (unpaired) electrons. The van der Waals surface area contributed by atoms with E-state index in [0.717, 1.165) is 53.1 Å². The molecular weight excluding hydrogens is 304 g/mol. The van der Waals surface area contributed by atoms with E-state index in [1.807, 2.05) is 28.8 Å². The Labute approximate surface area is 138 Å². The maximum absolute atomic E-state index is 5.44. The highest BCUT2D eigenvalue weighted by Crippen LogP contribution is 2.28. The molecule has 0 unspecified atom stereocenters. The van der Waals surface area contributed by atoms with E-state index in [-0.39, 0.29) is 0 Å². The molecule has 0 atom stereocenters. The first-order chi connectivity index (χ1) is 11.8. The van der Waals surface area contributed by atoms with Gasteiger partial charge in [0, 0.05) is 6.42 Å². The Balaban J connectivity index is 1.96. The van der Waals surface area contributed by atoms with Crippen molar-refractivity contribution in [2.75, 3.05) is 7.11 Å². The zero-order valence-electron chi connectivity index (χ0n) is 13.7. The van der Waals surface area contributed by atoms with Gasteiger partial charge in [0.05, 0.1) is 24.3 Å². The normalized spacial score (nSPS) is 11.4. The number of nitrogens with one attached hydrogen (secondary N) is 1. The van der Waals surface area contributed by atoms with Gasteiger partial charge in [0.2, 0.25) is 0 Å². The highest BCUT2D eigenvalue weighted by atomic mass is 16.5. The summed E-state index contributed by atoms with van der Waals surface area (Å²) in [5.41, 5.74) is 2.37. The largest absolute Gasteiger partial charge is 0.496 e. The molecule has 0 saturated heterocycles. The van der Waals surface area contributed by atoms with E-state index in [4.69, 9.17) is 14.8 Å². The van der Waals surface area contributed by atoms with Crippen molar-refractivity contribution in [3.05, 3.63) is 36.3 Å². The molecule has 122 valence electrons. The van der Waals surface area contributed by atoms with Crippen molar-refractivity contribution >= 4 is 16.7 Å². The summed E-state index contributed by atoms with van der Waals surface area (Å²) in [6.07, 6.45) is 4.72. The lowest BCUT2D eigenvalue weighted by Crippen LogP contribution is -2.03.